The van der Waals surface area contributed by atoms with Gasteiger partial charge in [0.2, 0.25) is 11.8 Å². The van der Waals surface area contributed by atoms with E-state index in [1.807, 2.05) is 53.4 Å². The Morgan fingerprint density at radius 3 is 2.45 bits per heavy atom. The lowest BCUT2D eigenvalue weighted by molar-refractivity contribution is -0.127. The number of para-hydroxylation sites is 1. The summed E-state index contributed by atoms with van der Waals surface area (Å²) in [6, 6.07) is 18.2. The monoisotopic (exact) mass is 391 g/mol. The molecule has 2 aliphatic rings. The fraction of sp³-hybridized carbons (Fsp3) is 0.417. The minimum absolute atomic E-state index is 0.0797. The number of benzene rings is 2. The molecule has 5 heteroatoms. The molecule has 0 aliphatic carbocycles. The van der Waals surface area contributed by atoms with E-state index < -0.39 is 0 Å². The van der Waals surface area contributed by atoms with Crippen LogP contribution in [-0.4, -0.2) is 42.9 Å². The van der Waals surface area contributed by atoms with Gasteiger partial charge >= 0.3 is 0 Å². The number of likely N-dealkylation sites (tertiary alicyclic amines) is 1. The van der Waals surface area contributed by atoms with E-state index in [-0.39, 0.29) is 17.7 Å². The summed E-state index contributed by atoms with van der Waals surface area (Å²) >= 11 is 0. The van der Waals surface area contributed by atoms with Gasteiger partial charge in [-0.2, -0.15) is 0 Å². The zero-order valence-corrected chi connectivity index (χ0v) is 16.8. The fourth-order valence-electron chi connectivity index (χ4n) is 4.33. The molecular formula is C24H29N3O2. The van der Waals surface area contributed by atoms with Crippen LogP contribution in [0, 0.1) is 5.92 Å². The minimum atomic E-state index is 0.0797. The summed E-state index contributed by atoms with van der Waals surface area (Å²) in [4.78, 5) is 29.4. The van der Waals surface area contributed by atoms with Crippen molar-refractivity contribution in [1.29, 1.82) is 0 Å². The highest BCUT2D eigenvalue weighted by atomic mass is 16.2. The minimum Gasteiger partial charge on any atom is -0.352 e. The second-order valence-corrected chi connectivity index (χ2v) is 7.99. The van der Waals surface area contributed by atoms with Gasteiger partial charge in [0, 0.05) is 37.7 Å². The number of hydrogen-bond donors (Lipinski definition) is 1. The van der Waals surface area contributed by atoms with Crippen molar-refractivity contribution in [1.82, 2.24) is 10.2 Å². The highest BCUT2D eigenvalue weighted by molar-refractivity contribution is 5.95. The number of rotatable bonds is 6. The molecule has 1 N–H and O–H groups in total. The zero-order chi connectivity index (χ0) is 20.1. The van der Waals surface area contributed by atoms with E-state index in [0.717, 1.165) is 56.7 Å². The number of hydrogen-bond acceptors (Lipinski definition) is 3. The molecule has 0 atom stereocenters. The molecule has 2 aliphatic heterocycles. The number of carbonyl (C=O) groups excluding carboxylic acids is 2. The molecule has 4 rings (SSSR count). The standard InChI is InChI=1S/C24H29N3O2/c28-23(27-17-12-20-8-4-5-9-22(20)27)13-16-26-14-10-21(11-15-26)24(29)25-18-19-6-2-1-3-7-19/h1-9,21H,10-18H2,(H,25,29). The van der Waals surface area contributed by atoms with Crippen LogP contribution in [0.3, 0.4) is 0 Å². The van der Waals surface area contributed by atoms with Gasteiger partial charge in [0.1, 0.15) is 0 Å². The number of fused-ring (bicyclic) bond motifs is 1. The Bertz CT molecular complexity index is 844. The maximum Gasteiger partial charge on any atom is 0.228 e. The number of amides is 2. The van der Waals surface area contributed by atoms with Crippen molar-refractivity contribution in [3.8, 4) is 0 Å². The highest BCUT2D eigenvalue weighted by Crippen LogP contribution is 2.28. The third-order valence-electron chi connectivity index (χ3n) is 6.10. The average molecular weight is 392 g/mol. The third kappa shape index (κ3) is 4.85. The van der Waals surface area contributed by atoms with Crippen LogP contribution in [0.4, 0.5) is 5.69 Å². The van der Waals surface area contributed by atoms with E-state index in [1.165, 1.54) is 5.56 Å². The molecule has 2 aromatic carbocycles. The molecule has 2 aromatic rings. The smallest absolute Gasteiger partial charge is 0.228 e. The molecule has 2 amide bonds. The second kappa shape index (κ2) is 9.23. The molecule has 0 radical (unpaired) electrons. The largest absolute Gasteiger partial charge is 0.352 e. The number of carbonyl (C=O) groups is 2. The Balaban J connectivity index is 1.18. The summed E-state index contributed by atoms with van der Waals surface area (Å²) < 4.78 is 0. The van der Waals surface area contributed by atoms with Crippen LogP contribution in [0.25, 0.3) is 0 Å². The lowest BCUT2D eigenvalue weighted by Crippen LogP contribution is -2.41. The number of piperidine rings is 1. The summed E-state index contributed by atoms with van der Waals surface area (Å²) in [5.41, 5.74) is 3.47. The van der Waals surface area contributed by atoms with E-state index in [4.69, 9.17) is 0 Å². The molecule has 0 saturated carbocycles. The average Bonchev–Trinajstić information content (AvgIpc) is 3.21. The molecule has 29 heavy (non-hydrogen) atoms. The molecule has 2 heterocycles. The lowest BCUT2D eigenvalue weighted by Gasteiger charge is -2.31. The van der Waals surface area contributed by atoms with Gasteiger partial charge in [-0.3, -0.25) is 9.59 Å². The van der Waals surface area contributed by atoms with E-state index in [1.54, 1.807) is 0 Å². The summed E-state index contributed by atoms with van der Waals surface area (Å²) in [6.45, 7) is 3.92. The molecule has 0 unspecified atom stereocenters. The topological polar surface area (TPSA) is 52.7 Å². The van der Waals surface area contributed by atoms with Gasteiger partial charge in [-0.05, 0) is 49.5 Å². The summed E-state index contributed by atoms with van der Waals surface area (Å²) in [5, 5.41) is 3.06. The van der Waals surface area contributed by atoms with Gasteiger partial charge in [-0.25, -0.2) is 0 Å². The van der Waals surface area contributed by atoms with Crippen LogP contribution in [0.1, 0.15) is 30.4 Å². The summed E-state index contributed by atoms with van der Waals surface area (Å²) in [6.07, 6.45) is 3.22. The second-order valence-electron chi connectivity index (χ2n) is 7.99. The van der Waals surface area contributed by atoms with Gasteiger partial charge in [-0.1, -0.05) is 48.5 Å². The molecular weight excluding hydrogens is 362 g/mol. The van der Waals surface area contributed by atoms with E-state index in [9.17, 15) is 9.59 Å². The maximum absolute atomic E-state index is 12.7. The Labute approximate surface area is 172 Å². The lowest BCUT2D eigenvalue weighted by atomic mass is 9.95. The molecule has 0 bridgehead atoms. The quantitative estimate of drug-likeness (QED) is 0.824. The van der Waals surface area contributed by atoms with Crippen LogP contribution in [0.5, 0.6) is 0 Å². The van der Waals surface area contributed by atoms with Gasteiger partial charge < -0.3 is 15.1 Å². The predicted molar refractivity (Wildman–Crippen MR) is 115 cm³/mol. The normalized spacial score (nSPS) is 17.2. The molecule has 1 saturated heterocycles. The fourth-order valence-corrected chi connectivity index (χ4v) is 4.33. The molecule has 0 aromatic heterocycles. The van der Waals surface area contributed by atoms with Crippen molar-refractivity contribution < 1.29 is 9.59 Å². The Hall–Kier alpha value is -2.66. The van der Waals surface area contributed by atoms with Crippen molar-refractivity contribution in [2.75, 3.05) is 31.1 Å². The van der Waals surface area contributed by atoms with Crippen LogP contribution < -0.4 is 10.2 Å². The first-order chi connectivity index (χ1) is 14.2. The first kappa shape index (κ1) is 19.6. The summed E-state index contributed by atoms with van der Waals surface area (Å²) in [5.74, 6) is 0.437. The first-order valence-electron chi connectivity index (χ1n) is 10.6. The van der Waals surface area contributed by atoms with Gasteiger partial charge in [0.05, 0.1) is 0 Å². The van der Waals surface area contributed by atoms with E-state index >= 15 is 0 Å². The van der Waals surface area contributed by atoms with Crippen molar-refractivity contribution in [3.05, 3.63) is 65.7 Å². The van der Waals surface area contributed by atoms with Crippen molar-refractivity contribution in [2.45, 2.75) is 32.2 Å². The Morgan fingerprint density at radius 1 is 0.931 bits per heavy atom. The van der Waals surface area contributed by atoms with Crippen LogP contribution in [-0.2, 0) is 22.6 Å². The van der Waals surface area contributed by atoms with E-state index in [0.29, 0.717) is 13.0 Å². The SMILES string of the molecule is O=C(NCc1ccccc1)C1CCN(CCC(=O)N2CCc3ccccc32)CC1. The molecule has 1 fully saturated rings. The van der Waals surface area contributed by atoms with Crippen molar-refractivity contribution >= 4 is 17.5 Å². The first-order valence-corrected chi connectivity index (χ1v) is 10.6. The number of nitrogens with zero attached hydrogens (tertiary/aromatic N) is 2. The van der Waals surface area contributed by atoms with Crippen molar-refractivity contribution in [3.63, 3.8) is 0 Å². The van der Waals surface area contributed by atoms with Gasteiger partial charge in [-0.15, -0.1) is 0 Å². The van der Waals surface area contributed by atoms with Crippen molar-refractivity contribution in [2.24, 2.45) is 5.92 Å². The van der Waals surface area contributed by atoms with Gasteiger partial charge in [0.15, 0.2) is 0 Å². The number of anilines is 1. The van der Waals surface area contributed by atoms with Crippen LogP contribution >= 0.6 is 0 Å². The highest BCUT2D eigenvalue weighted by Gasteiger charge is 2.27. The maximum atomic E-state index is 12.7. The molecule has 0 spiro atoms. The molecule has 152 valence electrons. The Kier molecular flexibility index (Phi) is 6.25. The van der Waals surface area contributed by atoms with Crippen LogP contribution in [0.2, 0.25) is 0 Å². The third-order valence-corrected chi connectivity index (χ3v) is 6.10. The molecule has 5 nitrogen and oxygen atoms in total. The van der Waals surface area contributed by atoms with E-state index in [2.05, 4.69) is 16.3 Å². The van der Waals surface area contributed by atoms with Gasteiger partial charge in [0.25, 0.3) is 0 Å². The van der Waals surface area contributed by atoms with Crippen LogP contribution in [0.15, 0.2) is 54.6 Å². The Morgan fingerprint density at radius 2 is 1.66 bits per heavy atom. The zero-order valence-electron chi connectivity index (χ0n) is 16.8. The number of nitrogens with one attached hydrogen (secondary N) is 1. The summed E-state index contributed by atoms with van der Waals surface area (Å²) in [7, 11) is 0. The predicted octanol–water partition coefficient (Wildman–Crippen LogP) is 2.99.